The molecule has 0 aromatic rings. The molecule has 0 amide bonds. The predicted molar refractivity (Wildman–Crippen MR) is 54.9 cm³/mol. The van der Waals surface area contributed by atoms with Gasteiger partial charge in [0.05, 0.1) is 44.7 Å². The van der Waals surface area contributed by atoms with E-state index in [-0.39, 0.29) is 5.60 Å². The Balaban J connectivity index is 1.47. The smallest absolute Gasteiger partial charge is 0.104 e. The Bertz CT molecular complexity index is 197. The summed E-state index contributed by atoms with van der Waals surface area (Å²) in [5.74, 6) is 0. The average molecular weight is 216 g/mol. The fourth-order valence-corrected chi connectivity index (χ4v) is 1.55. The second-order valence-electron chi connectivity index (χ2n) is 4.80. The van der Waals surface area contributed by atoms with Crippen molar-refractivity contribution >= 4 is 0 Å². The fourth-order valence-electron chi connectivity index (χ4n) is 1.55. The van der Waals surface area contributed by atoms with Crippen LogP contribution >= 0.6 is 0 Å². The Morgan fingerprint density at radius 1 is 1.13 bits per heavy atom. The van der Waals surface area contributed by atoms with Gasteiger partial charge in [-0.3, -0.25) is 0 Å². The maximum absolute atomic E-state index is 5.74. The summed E-state index contributed by atoms with van der Waals surface area (Å²) in [6, 6.07) is 0. The summed E-state index contributed by atoms with van der Waals surface area (Å²) in [5, 5.41) is 0. The van der Waals surface area contributed by atoms with Gasteiger partial charge in [0.15, 0.2) is 0 Å². The zero-order valence-corrected chi connectivity index (χ0v) is 9.53. The molecule has 0 saturated carbocycles. The number of rotatable bonds is 8. The summed E-state index contributed by atoms with van der Waals surface area (Å²) >= 11 is 0. The third-order valence-corrected chi connectivity index (χ3v) is 2.55. The van der Waals surface area contributed by atoms with Crippen molar-refractivity contribution in [2.45, 2.75) is 38.1 Å². The maximum Gasteiger partial charge on any atom is 0.104 e. The van der Waals surface area contributed by atoms with E-state index < -0.39 is 0 Å². The highest BCUT2D eigenvalue weighted by Gasteiger charge is 2.31. The fraction of sp³-hybridized carbons (Fsp3) is 1.00. The molecule has 0 bridgehead atoms. The SMILES string of the molecule is CC(C)(CC1CO1)OCCOCC1CO1. The minimum Gasteiger partial charge on any atom is -0.376 e. The molecule has 0 aliphatic carbocycles. The summed E-state index contributed by atoms with van der Waals surface area (Å²) in [6.45, 7) is 7.93. The van der Waals surface area contributed by atoms with Crippen molar-refractivity contribution in [2.75, 3.05) is 33.0 Å². The molecule has 88 valence electrons. The first-order valence-electron chi connectivity index (χ1n) is 5.61. The lowest BCUT2D eigenvalue weighted by Gasteiger charge is -2.24. The van der Waals surface area contributed by atoms with E-state index in [4.69, 9.17) is 18.9 Å². The normalized spacial score (nSPS) is 29.2. The van der Waals surface area contributed by atoms with Crippen LogP contribution in [0.4, 0.5) is 0 Å². The third-order valence-electron chi connectivity index (χ3n) is 2.55. The van der Waals surface area contributed by atoms with Crippen molar-refractivity contribution in [3.8, 4) is 0 Å². The van der Waals surface area contributed by atoms with Crippen LogP contribution in [0.5, 0.6) is 0 Å². The second kappa shape index (κ2) is 4.78. The van der Waals surface area contributed by atoms with Crippen LogP contribution in [0.3, 0.4) is 0 Å². The standard InChI is InChI=1S/C11H20O4/c1-11(2,5-9-7-13-9)15-4-3-12-6-10-8-14-10/h9-10H,3-8H2,1-2H3. The molecule has 4 heteroatoms. The Hall–Kier alpha value is -0.160. The van der Waals surface area contributed by atoms with Crippen LogP contribution in [0.15, 0.2) is 0 Å². The van der Waals surface area contributed by atoms with E-state index in [1.807, 2.05) is 0 Å². The first-order chi connectivity index (χ1) is 7.16. The molecule has 0 radical (unpaired) electrons. The number of hydrogen-bond acceptors (Lipinski definition) is 4. The highest BCUT2D eigenvalue weighted by Crippen LogP contribution is 2.24. The predicted octanol–water partition coefficient (Wildman–Crippen LogP) is 0.986. The summed E-state index contributed by atoms with van der Waals surface area (Å²) in [5.41, 5.74) is -0.0966. The van der Waals surface area contributed by atoms with E-state index >= 15 is 0 Å². The summed E-state index contributed by atoms with van der Waals surface area (Å²) in [6.07, 6.45) is 1.73. The quantitative estimate of drug-likeness (QED) is 0.448. The van der Waals surface area contributed by atoms with Gasteiger partial charge in [-0.05, 0) is 13.8 Å². The molecule has 2 rings (SSSR count). The lowest BCUT2D eigenvalue weighted by atomic mass is 10.0. The van der Waals surface area contributed by atoms with Crippen molar-refractivity contribution in [3.05, 3.63) is 0 Å². The average Bonchev–Trinajstić information content (AvgIpc) is 2.96. The van der Waals surface area contributed by atoms with Gasteiger partial charge in [0.25, 0.3) is 0 Å². The summed E-state index contributed by atoms with van der Waals surface area (Å²) in [4.78, 5) is 0. The van der Waals surface area contributed by atoms with Crippen LogP contribution in [0.1, 0.15) is 20.3 Å². The summed E-state index contributed by atoms with van der Waals surface area (Å²) in [7, 11) is 0. The van der Waals surface area contributed by atoms with Crippen molar-refractivity contribution in [3.63, 3.8) is 0 Å². The van der Waals surface area contributed by atoms with Gasteiger partial charge in [-0.1, -0.05) is 0 Å². The van der Waals surface area contributed by atoms with Crippen molar-refractivity contribution < 1.29 is 18.9 Å². The molecule has 15 heavy (non-hydrogen) atoms. The summed E-state index contributed by atoms with van der Waals surface area (Å²) < 4.78 is 21.3. The molecule has 2 unspecified atom stereocenters. The molecule has 2 saturated heterocycles. The first kappa shape index (κ1) is 11.3. The minimum absolute atomic E-state index is 0.0966. The molecule has 0 spiro atoms. The van der Waals surface area contributed by atoms with Crippen molar-refractivity contribution in [1.82, 2.24) is 0 Å². The van der Waals surface area contributed by atoms with Crippen LogP contribution < -0.4 is 0 Å². The van der Waals surface area contributed by atoms with Crippen molar-refractivity contribution in [2.24, 2.45) is 0 Å². The molecular weight excluding hydrogens is 196 g/mol. The van der Waals surface area contributed by atoms with Gasteiger partial charge < -0.3 is 18.9 Å². The van der Waals surface area contributed by atoms with Gasteiger partial charge in [0.1, 0.15) is 6.10 Å². The third kappa shape index (κ3) is 4.93. The van der Waals surface area contributed by atoms with Gasteiger partial charge in [0, 0.05) is 6.42 Å². The first-order valence-corrected chi connectivity index (χ1v) is 5.61. The molecular formula is C11H20O4. The van der Waals surface area contributed by atoms with Crippen molar-refractivity contribution in [1.29, 1.82) is 0 Å². The molecule has 4 nitrogen and oxygen atoms in total. The zero-order valence-electron chi connectivity index (χ0n) is 9.53. The van der Waals surface area contributed by atoms with Gasteiger partial charge >= 0.3 is 0 Å². The topological polar surface area (TPSA) is 43.5 Å². The van der Waals surface area contributed by atoms with Crippen LogP contribution in [0.2, 0.25) is 0 Å². The number of ether oxygens (including phenoxy) is 4. The second-order valence-corrected chi connectivity index (χ2v) is 4.80. The monoisotopic (exact) mass is 216 g/mol. The van der Waals surface area contributed by atoms with Gasteiger partial charge in [-0.2, -0.15) is 0 Å². The molecule has 2 aliphatic heterocycles. The molecule has 2 atom stereocenters. The Morgan fingerprint density at radius 2 is 1.80 bits per heavy atom. The number of hydrogen-bond donors (Lipinski definition) is 0. The van der Waals surface area contributed by atoms with E-state index in [0.717, 1.165) is 19.6 Å². The molecule has 2 fully saturated rings. The Kier molecular flexibility index (Phi) is 3.61. The lowest BCUT2D eigenvalue weighted by Crippen LogP contribution is -2.28. The van der Waals surface area contributed by atoms with Crippen LogP contribution in [0.25, 0.3) is 0 Å². The van der Waals surface area contributed by atoms with Crippen LogP contribution in [0, 0.1) is 0 Å². The van der Waals surface area contributed by atoms with Crippen LogP contribution in [-0.2, 0) is 18.9 Å². The van der Waals surface area contributed by atoms with E-state index in [0.29, 0.717) is 32.0 Å². The van der Waals surface area contributed by atoms with Gasteiger partial charge in [-0.15, -0.1) is 0 Å². The highest BCUT2D eigenvalue weighted by atomic mass is 16.6. The highest BCUT2D eigenvalue weighted by molar-refractivity contribution is 4.80. The van der Waals surface area contributed by atoms with Gasteiger partial charge in [0.2, 0.25) is 0 Å². The number of epoxide rings is 2. The van der Waals surface area contributed by atoms with Gasteiger partial charge in [-0.25, -0.2) is 0 Å². The van der Waals surface area contributed by atoms with E-state index in [9.17, 15) is 0 Å². The minimum atomic E-state index is -0.0966. The Morgan fingerprint density at radius 3 is 2.40 bits per heavy atom. The Labute approximate surface area is 90.8 Å². The lowest BCUT2D eigenvalue weighted by molar-refractivity contribution is -0.0543. The maximum atomic E-state index is 5.74. The molecule has 0 aromatic carbocycles. The molecule has 0 N–H and O–H groups in total. The largest absolute Gasteiger partial charge is 0.376 e. The van der Waals surface area contributed by atoms with E-state index in [1.54, 1.807) is 0 Å². The van der Waals surface area contributed by atoms with E-state index in [1.165, 1.54) is 0 Å². The van der Waals surface area contributed by atoms with E-state index in [2.05, 4.69) is 13.8 Å². The molecule has 2 heterocycles. The van der Waals surface area contributed by atoms with Crippen LogP contribution in [-0.4, -0.2) is 50.8 Å². The zero-order chi connectivity index (χ0) is 10.7. The molecule has 0 aromatic heterocycles. The molecule has 2 aliphatic rings.